The van der Waals surface area contributed by atoms with Crippen LogP contribution in [0.25, 0.3) is 0 Å². The van der Waals surface area contributed by atoms with E-state index in [0.717, 1.165) is 49.6 Å². The lowest BCUT2D eigenvalue weighted by molar-refractivity contribution is -0.122. The Morgan fingerprint density at radius 1 is 0.912 bits per heavy atom. The molecule has 1 saturated heterocycles. The van der Waals surface area contributed by atoms with Crippen molar-refractivity contribution >= 4 is 12.1 Å². The topological polar surface area (TPSA) is 57.2 Å². The molecule has 1 heterocycles. The highest BCUT2D eigenvalue weighted by Crippen LogP contribution is 2.14. The van der Waals surface area contributed by atoms with E-state index in [4.69, 9.17) is 4.74 Å². The van der Waals surface area contributed by atoms with E-state index in [0.29, 0.717) is 13.2 Å². The second-order valence-corrected chi connectivity index (χ2v) is 8.68. The molecule has 1 N–H and O–H groups in total. The molecule has 1 aliphatic heterocycles. The fourth-order valence-corrected chi connectivity index (χ4v) is 3.90. The van der Waals surface area contributed by atoms with Crippen molar-refractivity contribution in [3.8, 4) is 5.75 Å². The van der Waals surface area contributed by atoms with E-state index < -0.39 is 0 Å². The molecule has 34 heavy (non-hydrogen) atoms. The first kappa shape index (κ1) is 23.7. The molecule has 0 bridgehead atoms. The molecule has 3 aromatic rings. The zero-order chi connectivity index (χ0) is 23.6. The molecule has 0 spiro atoms. The molecule has 0 atom stereocenters. The van der Waals surface area contributed by atoms with Gasteiger partial charge in [-0.1, -0.05) is 72.3 Å². The predicted octanol–water partition coefficient (Wildman–Crippen LogP) is 3.84. The summed E-state index contributed by atoms with van der Waals surface area (Å²) in [7, 11) is 0. The van der Waals surface area contributed by atoms with Crippen LogP contribution in [0.2, 0.25) is 0 Å². The second kappa shape index (κ2) is 12.1. The Morgan fingerprint density at radius 3 is 2.41 bits per heavy atom. The van der Waals surface area contributed by atoms with Crippen LogP contribution < -0.4 is 10.2 Å². The first-order valence-corrected chi connectivity index (χ1v) is 11.7. The SMILES string of the molecule is Cc1ccc(CN2CCN(CC(=O)N/N=C/c3cccc(OCc4ccccc4)c3)CC2)cc1. The Balaban J connectivity index is 1.17. The Hall–Kier alpha value is -3.48. The number of hydrogen-bond donors (Lipinski definition) is 1. The molecule has 1 fully saturated rings. The average molecular weight is 457 g/mol. The van der Waals surface area contributed by atoms with E-state index in [-0.39, 0.29) is 5.91 Å². The van der Waals surface area contributed by atoms with E-state index in [1.807, 2.05) is 54.6 Å². The van der Waals surface area contributed by atoms with E-state index in [2.05, 4.69) is 51.5 Å². The minimum absolute atomic E-state index is 0.0975. The van der Waals surface area contributed by atoms with Crippen LogP contribution in [0.15, 0.2) is 84.0 Å². The molecule has 1 aliphatic rings. The Labute approximate surface area is 201 Å². The zero-order valence-corrected chi connectivity index (χ0v) is 19.7. The average Bonchev–Trinajstić information content (AvgIpc) is 2.86. The van der Waals surface area contributed by atoms with Crippen molar-refractivity contribution < 1.29 is 9.53 Å². The number of hydrazone groups is 1. The van der Waals surface area contributed by atoms with Gasteiger partial charge in [0.15, 0.2) is 0 Å². The molecule has 176 valence electrons. The summed E-state index contributed by atoms with van der Waals surface area (Å²) in [4.78, 5) is 16.9. The van der Waals surface area contributed by atoms with Gasteiger partial charge in [-0.2, -0.15) is 5.10 Å². The quantitative estimate of drug-likeness (QED) is 0.393. The number of benzene rings is 3. The number of aryl methyl sites for hydroxylation is 1. The summed E-state index contributed by atoms with van der Waals surface area (Å²) in [6.07, 6.45) is 1.65. The van der Waals surface area contributed by atoms with Crippen molar-refractivity contribution in [1.29, 1.82) is 0 Å². The summed E-state index contributed by atoms with van der Waals surface area (Å²) in [5.41, 5.74) is 7.25. The van der Waals surface area contributed by atoms with Gasteiger partial charge in [0, 0.05) is 32.7 Å². The van der Waals surface area contributed by atoms with E-state index in [9.17, 15) is 4.79 Å². The summed E-state index contributed by atoms with van der Waals surface area (Å²) >= 11 is 0. The third kappa shape index (κ3) is 7.54. The van der Waals surface area contributed by atoms with Crippen LogP contribution in [0.4, 0.5) is 0 Å². The second-order valence-electron chi connectivity index (χ2n) is 8.68. The molecule has 6 nitrogen and oxygen atoms in total. The van der Waals surface area contributed by atoms with Gasteiger partial charge in [-0.25, -0.2) is 5.43 Å². The van der Waals surface area contributed by atoms with Crippen LogP contribution in [0, 0.1) is 6.92 Å². The van der Waals surface area contributed by atoms with Crippen molar-refractivity contribution in [2.45, 2.75) is 20.1 Å². The fraction of sp³-hybridized carbons (Fsp3) is 0.286. The van der Waals surface area contributed by atoms with Gasteiger partial charge in [-0.3, -0.25) is 14.6 Å². The summed E-state index contributed by atoms with van der Waals surface area (Å²) in [5, 5.41) is 4.13. The number of nitrogens with zero attached hydrogens (tertiary/aromatic N) is 3. The maximum atomic E-state index is 12.3. The normalized spacial score (nSPS) is 14.9. The maximum Gasteiger partial charge on any atom is 0.254 e. The third-order valence-electron chi connectivity index (χ3n) is 5.87. The monoisotopic (exact) mass is 456 g/mol. The molecule has 6 heteroatoms. The number of hydrogen-bond acceptors (Lipinski definition) is 5. The largest absolute Gasteiger partial charge is 0.489 e. The summed E-state index contributed by atoms with van der Waals surface area (Å²) in [6.45, 7) is 7.61. The Bertz CT molecular complexity index is 1080. The fourth-order valence-electron chi connectivity index (χ4n) is 3.90. The van der Waals surface area contributed by atoms with Gasteiger partial charge in [-0.15, -0.1) is 0 Å². The maximum absolute atomic E-state index is 12.3. The lowest BCUT2D eigenvalue weighted by Gasteiger charge is -2.34. The number of amides is 1. The van der Waals surface area contributed by atoms with Crippen molar-refractivity contribution in [2.75, 3.05) is 32.7 Å². The standard InChI is InChI=1S/C28H32N4O2/c1-23-10-12-24(13-11-23)20-31-14-16-32(17-15-31)21-28(33)30-29-19-26-8-5-9-27(18-26)34-22-25-6-3-2-4-7-25/h2-13,18-19H,14-17,20-22H2,1H3,(H,30,33)/b29-19+. The van der Waals surface area contributed by atoms with Gasteiger partial charge in [0.2, 0.25) is 0 Å². The Morgan fingerprint density at radius 2 is 1.65 bits per heavy atom. The molecule has 4 rings (SSSR count). The third-order valence-corrected chi connectivity index (χ3v) is 5.87. The van der Waals surface area contributed by atoms with Gasteiger partial charge in [0.1, 0.15) is 12.4 Å². The van der Waals surface area contributed by atoms with Crippen molar-refractivity contribution in [2.24, 2.45) is 5.10 Å². The highest BCUT2D eigenvalue weighted by molar-refractivity contribution is 5.83. The number of ether oxygens (including phenoxy) is 1. The summed E-state index contributed by atoms with van der Waals surface area (Å²) in [6, 6.07) is 26.4. The van der Waals surface area contributed by atoms with Crippen molar-refractivity contribution in [3.63, 3.8) is 0 Å². The smallest absolute Gasteiger partial charge is 0.254 e. The van der Waals surface area contributed by atoms with E-state index >= 15 is 0 Å². The zero-order valence-electron chi connectivity index (χ0n) is 19.7. The molecular weight excluding hydrogens is 424 g/mol. The predicted molar refractivity (Wildman–Crippen MR) is 136 cm³/mol. The van der Waals surface area contributed by atoms with Crippen molar-refractivity contribution in [3.05, 3.63) is 101 Å². The highest BCUT2D eigenvalue weighted by Gasteiger charge is 2.18. The van der Waals surface area contributed by atoms with Crippen LogP contribution in [0.1, 0.15) is 22.3 Å². The van der Waals surface area contributed by atoms with Gasteiger partial charge < -0.3 is 4.74 Å². The van der Waals surface area contributed by atoms with Gasteiger partial charge in [-0.05, 0) is 35.7 Å². The number of nitrogens with one attached hydrogen (secondary N) is 1. The first-order valence-electron chi connectivity index (χ1n) is 11.7. The van der Waals surface area contributed by atoms with Crippen LogP contribution >= 0.6 is 0 Å². The minimum Gasteiger partial charge on any atom is -0.489 e. The molecular formula is C28H32N4O2. The number of carbonyl (C=O) groups is 1. The van der Waals surface area contributed by atoms with Crippen LogP contribution in [0.5, 0.6) is 5.75 Å². The van der Waals surface area contributed by atoms with E-state index in [1.165, 1.54) is 11.1 Å². The lowest BCUT2D eigenvalue weighted by atomic mass is 10.1. The summed E-state index contributed by atoms with van der Waals surface area (Å²) < 4.78 is 5.85. The van der Waals surface area contributed by atoms with Crippen molar-refractivity contribution in [1.82, 2.24) is 15.2 Å². The molecule has 0 unspecified atom stereocenters. The molecule has 0 aliphatic carbocycles. The van der Waals surface area contributed by atoms with E-state index in [1.54, 1.807) is 6.21 Å². The van der Waals surface area contributed by atoms with Crippen LogP contribution in [-0.2, 0) is 17.9 Å². The van der Waals surface area contributed by atoms with Gasteiger partial charge in [0.05, 0.1) is 12.8 Å². The molecule has 0 saturated carbocycles. The lowest BCUT2D eigenvalue weighted by Crippen LogP contribution is -2.48. The highest BCUT2D eigenvalue weighted by atomic mass is 16.5. The number of piperazine rings is 1. The first-order chi connectivity index (χ1) is 16.6. The molecule has 0 aromatic heterocycles. The summed E-state index contributed by atoms with van der Waals surface area (Å²) in [5.74, 6) is 0.669. The number of carbonyl (C=O) groups excluding carboxylic acids is 1. The van der Waals surface area contributed by atoms with Gasteiger partial charge in [0.25, 0.3) is 5.91 Å². The minimum atomic E-state index is -0.0975. The molecule has 1 amide bonds. The van der Waals surface area contributed by atoms with Gasteiger partial charge >= 0.3 is 0 Å². The Kier molecular flexibility index (Phi) is 8.43. The number of rotatable bonds is 9. The molecule has 3 aromatic carbocycles. The van der Waals surface area contributed by atoms with Crippen LogP contribution in [0.3, 0.4) is 0 Å². The van der Waals surface area contributed by atoms with Crippen LogP contribution in [-0.4, -0.2) is 54.6 Å². The molecule has 0 radical (unpaired) electrons.